The molecule has 13 heteroatoms. The summed E-state index contributed by atoms with van der Waals surface area (Å²) in [5.74, 6) is -1.25. The van der Waals surface area contributed by atoms with E-state index in [0.29, 0.717) is 91.6 Å². The second-order valence-corrected chi connectivity index (χ2v) is 11.1. The molecule has 0 unspecified atom stereocenters. The van der Waals surface area contributed by atoms with Crippen molar-refractivity contribution in [2.45, 2.75) is 0 Å². The van der Waals surface area contributed by atoms with Crippen molar-refractivity contribution in [3.05, 3.63) is 90.1 Å². The van der Waals surface area contributed by atoms with Gasteiger partial charge < -0.3 is 35.2 Å². The van der Waals surface area contributed by atoms with Crippen LogP contribution in [0.3, 0.4) is 0 Å². The molecule has 3 heterocycles. The van der Waals surface area contributed by atoms with Gasteiger partial charge in [0, 0.05) is 48.8 Å². The molecule has 4 aromatic rings. The molecule has 0 aliphatic carbocycles. The standard InChI is InChI=1S/C33H32ClF2N7O3/c1-2-31(44)39-25-16-21(15-22(35)17-25)32-28(38-23-4-6-29(27(36)18-23)42-7-11-45-12-8-42)20-37-33(41-32)40-24-3-5-26(34)30(19-24)43-9-13-46-14-10-43/h2-6,15-20,38H,1,7-14H2,(H,39,44)(H,37,40,41). The third-order valence-electron chi connectivity index (χ3n) is 7.55. The van der Waals surface area contributed by atoms with Crippen LogP contribution in [0, 0.1) is 11.6 Å². The Bertz CT molecular complexity index is 1750. The van der Waals surface area contributed by atoms with Crippen molar-refractivity contribution >= 4 is 57.6 Å². The first kappa shape index (κ1) is 31.2. The van der Waals surface area contributed by atoms with Crippen LogP contribution in [-0.4, -0.2) is 68.5 Å². The van der Waals surface area contributed by atoms with Crippen LogP contribution in [0.5, 0.6) is 0 Å². The van der Waals surface area contributed by atoms with Gasteiger partial charge in [-0.15, -0.1) is 0 Å². The first-order valence-corrected chi connectivity index (χ1v) is 15.1. The summed E-state index contributed by atoms with van der Waals surface area (Å²) in [5, 5.41) is 9.60. The lowest BCUT2D eigenvalue weighted by atomic mass is 10.1. The van der Waals surface area contributed by atoms with Crippen LogP contribution in [0.1, 0.15) is 0 Å². The predicted octanol–water partition coefficient (Wildman–Crippen LogP) is 6.36. The minimum Gasteiger partial charge on any atom is -0.378 e. The van der Waals surface area contributed by atoms with Crippen LogP contribution in [0.15, 0.2) is 73.4 Å². The third kappa shape index (κ3) is 7.36. The number of hydrogen-bond donors (Lipinski definition) is 3. The van der Waals surface area contributed by atoms with Gasteiger partial charge in [-0.2, -0.15) is 0 Å². The van der Waals surface area contributed by atoms with E-state index in [1.807, 2.05) is 17.0 Å². The molecule has 2 fully saturated rings. The Morgan fingerprint density at radius 2 is 1.52 bits per heavy atom. The highest BCUT2D eigenvalue weighted by Gasteiger charge is 2.19. The van der Waals surface area contributed by atoms with Gasteiger partial charge in [0.05, 0.1) is 60.4 Å². The molecule has 2 aliphatic heterocycles. The van der Waals surface area contributed by atoms with Gasteiger partial charge in [-0.05, 0) is 60.7 Å². The normalized spacial score (nSPS) is 14.9. The zero-order valence-corrected chi connectivity index (χ0v) is 25.6. The Morgan fingerprint density at radius 1 is 0.848 bits per heavy atom. The Balaban J connectivity index is 1.34. The molecule has 6 rings (SSSR count). The minimum atomic E-state index is -0.593. The van der Waals surface area contributed by atoms with E-state index in [0.717, 1.165) is 11.8 Å². The molecular weight excluding hydrogens is 616 g/mol. The van der Waals surface area contributed by atoms with Crippen molar-refractivity contribution in [3.63, 3.8) is 0 Å². The largest absolute Gasteiger partial charge is 0.378 e. The maximum atomic E-state index is 15.2. The summed E-state index contributed by atoms with van der Waals surface area (Å²) in [7, 11) is 0. The molecule has 0 radical (unpaired) electrons. The van der Waals surface area contributed by atoms with E-state index in [9.17, 15) is 9.18 Å². The highest BCUT2D eigenvalue weighted by molar-refractivity contribution is 6.33. The summed E-state index contributed by atoms with van der Waals surface area (Å²) >= 11 is 6.52. The summed E-state index contributed by atoms with van der Waals surface area (Å²) in [6.07, 6.45) is 2.63. The van der Waals surface area contributed by atoms with Gasteiger partial charge in [0.15, 0.2) is 0 Å². The SMILES string of the molecule is C=CC(=O)Nc1cc(F)cc(-c2nc(Nc3ccc(Cl)c(N4CCOCC4)c3)ncc2Nc2ccc(N3CCOCC3)c(F)c2)c1. The monoisotopic (exact) mass is 647 g/mol. The smallest absolute Gasteiger partial charge is 0.247 e. The number of nitrogens with zero attached hydrogens (tertiary/aromatic N) is 4. The number of amides is 1. The van der Waals surface area contributed by atoms with Crippen LogP contribution >= 0.6 is 11.6 Å². The molecule has 1 aromatic heterocycles. The summed E-state index contributed by atoms with van der Waals surface area (Å²) in [4.78, 5) is 25.3. The van der Waals surface area contributed by atoms with Gasteiger partial charge in [0.1, 0.15) is 11.6 Å². The molecule has 10 nitrogen and oxygen atoms in total. The summed E-state index contributed by atoms with van der Waals surface area (Å²) in [6, 6.07) is 14.4. The minimum absolute atomic E-state index is 0.215. The second kappa shape index (κ2) is 14.1. The van der Waals surface area contributed by atoms with E-state index in [-0.39, 0.29) is 11.6 Å². The van der Waals surface area contributed by atoms with Crippen LogP contribution in [0.25, 0.3) is 11.3 Å². The fourth-order valence-corrected chi connectivity index (χ4v) is 5.55. The number of carbonyl (C=O) groups is 1. The summed E-state index contributed by atoms with van der Waals surface area (Å²) < 4.78 is 41.0. The second-order valence-electron chi connectivity index (χ2n) is 10.7. The molecule has 0 bridgehead atoms. The van der Waals surface area contributed by atoms with Crippen molar-refractivity contribution in [2.75, 3.05) is 78.4 Å². The Hall–Kier alpha value is -4.78. The van der Waals surface area contributed by atoms with Crippen molar-refractivity contribution < 1.29 is 23.0 Å². The molecular formula is C33H32ClF2N7O3. The van der Waals surface area contributed by atoms with E-state index in [2.05, 4.69) is 32.4 Å². The number of hydrogen-bond acceptors (Lipinski definition) is 9. The van der Waals surface area contributed by atoms with E-state index in [1.54, 1.807) is 24.3 Å². The average molecular weight is 648 g/mol. The van der Waals surface area contributed by atoms with Gasteiger partial charge in [0.2, 0.25) is 11.9 Å². The first-order valence-electron chi connectivity index (χ1n) is 14.8. The fraction of sp³-hybridized carbons (Fsp3) is 0.242. The molecule has 3 aromatic carbocycles. The number of rotatable bonds is 9. The number of halogens is 3. The zero-order chi connectivity index (χ0) is 32.0. The molecule has 2 aliphatic rings. The van der Waals surface area contributed by atoms with E-state index < -0.39 is 17.5 Å². The zero-order valence-electron chi connectivity index (χ0n) is 24.9. The maximum absolute atomic E-state index is 15.2. The number of morpholine rings is 2. The number of nitrogens with one attached hydrogen (secondary N) is 3. The highest BCUT2D eigenvalue weighted by atomic mass is 35.5. The third-order valence-corrected chi connectivity index (χ3v) is 7.87. The number of anilines is 7. The van der Waals surface area contributed by atoms with Crippen LogP contribution in [-0.2, 0) is 14.3 Å². The lowest BCUT2D eigenvalue weighted by molar-refractivity contribution is -0.111. The van der Waals surface area contributed by atoms with Gasteiger partial charge >= 0.3 is 0 Å². The molecule has 0 saturated carbocycles. The van der Waals surface area contributed by atoms with Crippen LogP contribution < -0.4 is 25.8 Å². The molecule has 0 atom stereocenters. The quantitative estimate of drug-likeness (QED) is 0.179. The maximum Gasteiger partial charge on any atom is 0.247 e. The lowest BCUT2D eigenvalue weighted by Crippen LogP contribution is -2.36. The average Bonchev–Trinajstić information content (AvgIpc) is 3.07. The van der Waals surface area contributed by atoms with Crippen LogP contribution in [0.4, 0.5) is 48.9 Å². The molecule has 3 N–H and O–H groups in total. The van der Waals surface area contributed by atoms with Gasteiger partial charge in [-0.3, -0.25) is 4.79 Å². The van der Waals surface area contributed by atoms with E-state index in [4.69, 9.17) is 26.1 Å². The van der Waals surface area contributed by atoms with Gasteiger partial charge in [-0.1, -0.05) is 18.2 Å². The van der Waals surface area contributed by atoms with Crippen LogP contribution in [0.2, 0.25) is 5.02 Å². The van der Waals surface area contributed by atoms with Crippen molar-refractivity contribution in [1.29, 1.82) is 0 Å². The number of carbonyl (C=O) groups excluding carboxylic acids is 1. The summed E-state index contributed by atoms with van der Waals surface area (Å²) in [6.45, 7) is 8.36. The molecule has 2 saturated heterocycles. The van der Waals surface area contributed by atoms with Crippen molar-refractivity contribution in [3.8, 4) is 11.3 Å². The van der Waals surface area contributed by atoms with E-state index >= 15 is 4.39 Å². The number of benzene rings is 3. The predicted molar refractivity (Wildman–Crippen MR) is 177 cm³/mol. The molecule has 46 heavy (non-hydrogen) atoms. The van der Waals surface area contributed by atoms with Gasteiger partial charge in [0.25, 0.3) is 0 Å². The fourth-order valence-electron chi connectivity index (χ4n) is 5.31. The number of aromatic nitrogens is 2. The Morgan fingerprint density at radius 3 is 2.22 bits per heavy atom. The molecule has 238 valence electrons. The Kier molecular flexibility index (Phi) is 9.57. The highest BCUT2D eigenvalue weighted by Crippen LogP contribution is 2.35. The van der Waals surface area contributed by atoms with Crippen molar-refractivity contribution in [2.24, 2.45) is 0 Å². The Labute approximate surface area is 270 Å². The van der Waals surface area contributed by atoms with E-state index in [1.165, 1.54) is 24.4 Å². The van der Waals surface area contributed by atoms with Crippen molar-refractivity contribution in [1.82, 2.24) is 9.97 Å². The number of ether oxygens (including phenoxy) is 2. The summed E-state index contributed by atoms with van der Waals surface area (Å²) in [5.41, 5.74) is 3.74. The lowest BCUT2D eigenvalue weighted by Gasteiger charge is -2.30. The molecule has 1 amide bonds. The molecule has 0 spiro atoms. The van der Waals surface area contributed by atoms with Gasteiger partial charge in [-0.25, -0.2) is 18.7 Å². The first-order chi connectivity index (χ1) is 22.4. The topological polar surface area (TPSA) is 104 Å².